The van der Waals surface area contributed by atoms with E-state index in [-0.39, 0.29) is 50.0 Å². The van der Waals surface area contributed by atoms with Crippen molar-refractivity contribution in [2.75, 3.05) is 51.3 Å². The second-order valence-corrected chi connectivity index (χ2v) is 33.1. The average Bonchev–Trinajstić information content (AvgIpc) is 0.679. The normalized spacial score (nSPS) is 34.8. The number of carbonyl (C=O) groups is 8. The molecule has 12 rings (SSSR count). The van der Waals surface area contributed by atoms with Crippen molar-refractivity contribution in [3.8, 4) is 0 Å². The van der Waals surface area contributed by atoms with E-state index in [0.29, 0.717) is 65.2 Å². The van der Waals surface area contributed by atoms with Gasteiger partial charge in [-0.3, -0.25) is 19.4 Å². The zero-order valence-electron chi connectivity index (χ0n) is 65.4. The van der Waals surface area contributed by atoms with Crippen LogP contribution in [-0.2, 0) is 57.2 Å². The number of aliphatic hydroxyl groups excluding tert-OH is 2. The van der Waals surface area contributed by atoms with Crippen molar-refractivity contribution in [2.24, 2.45) is 79.5 Å². The number of hydrogen-bond acceptors (Lipinski definition) is 22. The molecular formula is C84H114N6O18. The molecular weight excluding hydrogens is 1380 g/mol. The van der Waals surface area contributed by atoms with E-state index in [9.17, 15) is 44.4 Å². The Balaban J connectivity index is 0.000000238. The Bertz CT molecular complexity index is 3980. The third-order valence-corrected chi connectivity index (χ3v) is 26.9. The van der Waals surface area contributed by atoms with E-state index in [1.807, 2.05) is 218 Å². The number of esters is 2. The van der Waals surface area contributed by atoms with Gasteiger partial charge in [-0.15, -0.1) is 0 Å². The zero-order valence-corrected chi connectivity index (χ0v) is 65.4. The number of carbonyl (C=O) groups excluding carboxylic acids is 8. The van der Waals surface area contributed by atoms with E-state index in [1.54, 1.807) is 7.05 Å². The maximum atomic E-state index is 15.2. The van der Waals surface area contributed by atoms with Gasteiger partial charge in [0, 0.05) is 84.6 Å². The van der Waals surface area contributed by atoms with Gasteiger partial charge in [0.15, 0.2) is 6.10 Å². The van der Waals surface area contributed by atoms with Crippen molar-refractivity contribution in [3.05, 3.63) is 155 Å². The predicted molar refractivity (Wildman–Crippen MR) is 406 cm³/mol. The summed E-state index contributed by atoms with van der Waals surface area (Å²) in [6, 6.07) is 35.3. The van der Waals surface area contributed by atoms with E-state index < -0.39 is 152 Å². The van der Waals surface area contributed by atoms with Crippen molar-refractivity contribution >= 4 is 60.6 Å². The van der Waals surface area contributed by atoms with Crippen LogP contribution in [0.4, 0.5) is 21.0 Å². The second kappa shape index (κ2) is 32.0. The lowest BCUT2D eigenvalue weighted by Crippen LogP contribution is -2.74. The highest BCUT2D eigenvalue weighted by Gasteiger charge is 2.75. The number of nitrogens with two attached hydrogens (primary N) is 2. The molecule has 8 aliphatic rings. The molecule has 2 heterocycles. The molecule has 0 unspecified atom stereocenters. The number of fused-ring (bicyclic) bond motifs is 10. The number of amides is 2. The first-order valence-corrected chi connectivity index (χ1v) is 37.4. The highest BCUT2D eigenvalue weighted by Crippen LogP contribution is 2.70. The summed E-state index contributed by atoms with van der Waals surface area (Å²) in [5, 5.41) is 56.4. The second-order valence-electron chi connectivity index (χ2n) is 33.1. The Morgan fingerprint density at radius 1 is 0.556 bits per heavy atom. The first-order chi connectivity index (χ1) is 50.9. The van der Waals surface area contributed by atoms with E-state index in [0.717, 1.165) is 10.6 Å². The van der Waals surface area contributed by atoms with Gasteiger partial charge in [0.25, 0.3) is 0 Å². The third kappa shape index (κ3) is 14.0. The molecule has 588 valence electrons. The van der Waals surface area contributed by atoms with E-state index in [4.69, 9.17) is 49.5 Å². The molecule has 2 aliphatic heterocycles. The Hall–Kier alpha value is -8.20. The van der Waals surface area contributed by atoms with Crippen LogP contribution in [0.5, 0.6) is 0 Å². The summed E-state index contributed by atoms with van der Waals surface area (Å²) < 4.78 is 36.7. The fourth-order valence-electron chi connectivity index (χ4n) is 21.1. The summed E-state index contributed by atoms with van der Waals surface area (Å²) in [5.41, 5.74) is 8.99. The van der Waals surface area contributed by atoms with Gasteiger partial charge in [0.05, 0.1) is 79.0 Å². The summed E-state index contributed by atoms with van der Waals surface area (Å²) in [6.45, 7) is 31.7. The number of ketones is 2. The lowest BCUT2D eigenvalue weighted by atomic mass is 9.40. The molecule has 4 bridgehead atoms. The molecule has 108 heavy (non-hydrogen) atoms. The van der Waals surface area contributed by atoms with Crippen LogP contribution in [0.3, 0.4) is 0 Å². The first kappa shape index (κ1) is 83.8. The van der Waals surface area contributed by atoms with Crippen molar-refractivity contribution in [3.63, 3.8) is 0 Å². The molecule has 0 radical (unpaired) electrons. The molecule has 22 atom stereocenters. The lowest BCUT2D eigenvalue weighted by Gasteiger charge is -2.69. The minimum Gasteiger partial charge on any atom is -0.456 e. The fraction of sp³-hybridized carbons (Fsp3) is 0.571. The number of nitrogens with one attached hydrogen (secondary N) is 2. The SMILES string of the molecule is C=O.C=O.CC1=C2[C@@H](C)C(=O)[C@@]3(C)[C@H]([C@H](C)[C@](O)(C[C@@H]1OC(=O)[C@H](OC(=O)N(C)CN)[C@@H](Nc1ccccc1)c1ccccc1)C2(C)C)[C@]1(C)CO[C@@H]1C[C@@H]3O.CC1=C2[C@@H](C)C(=O)[C@]3(C)[C@@H](OC(=O)N(C)CN)C[C@H]4OC[C@@]4(C)[C@H]3[C@H](C)[C@](O)(C[C@@H]1OC(=O)[C@H](O)[C@@H](Nc1ccccc1)c1ccccc1)C2(C)C. The van der Waals surface area contributed by atoms with Crippen LogP contribution in [0.1, 0.15) is 146 Å². The summed E-state index contributed by atoms with van der Waals surface area (Å²) in [4.78, 5) is 104. The minimum atomic E-state index is -1.60. The minimum absolute atomic E-state index is 0.0406. The Morgan fingerprint density at radius 2 is 0.926 bits per heavy atom. The molecule has 4 saturated carbocycles. The number of para-hydroxylation sites is 2. The van der Waals surface area contributed by atoms with Crippen molar-refractivity contribution in [1.29, 1.82) is 0 Å². The standard InChI is InChI=1S/2C41H55N3O8.2CH2O/c1-23-28(51-36(47)33(52-37(48)44(8)22-42)32(26-15-11-9-12-16-26)43-27-17-13-10-14-18-27)20-41(49)25(3)34-39(6)21-50-30(39)19-29(45)40(34,7)35(46)24(2)31(23)38(41,4)5;1-23-28(51-36(47)33(45)32(26-15-11-9-12-16-26)43-27-17-13-10-14-18-27)20-41(49)25(3)34-39(6)21-50-29(39)19-30(52-37(48)44(8)22-42)40(34,7)35(46)24(2)31(23)38(41,4)5;2*1-2/h2*9-18,24-25,28-30,32-34,43,45,49H,19-22,42H2,1-8H3;2*1H2/t24-,25+,28+,29+,30-,32+,33-,34-,39-,40-,41-;24-,25+,28+,29-,30+,32+,33-,34-,39-,40-,41-;;/m11../s1. The summed E-state index contributed by atoms with van der Waals surface area (Å²) >= 11 is 0. The van der Waals surface area contributed by atoms with Gasteiger partial charge in [0.1, 0.15) is 43.5 Å². The van der Waals surface area contributed by atoms with E-state index in [2.05, 4.69) is 24.5 Å². The molecule has 2 saturated heterocycles. The molecule has 4 aromatic rings. The molecule has 24 heteroatoms. The predicted octanol–water partition coefficient (Wildman–Crippen LogP) is 10.1. The smallest absolute Gasteiger partial charge is 0.411 e. The topological polar surface area (TPSA) is 355 Å². The molecule has 0 spiro atoms. The number of Topliss-reactive ketones (excluding diaryl/α,β-unsaturated/α-hetero) is 2. The number of aliphatic hydroxyl groups is 4. The first-order valence-electron chi connectivity index (χ1n) is 37.4. The van der Waals surface area contributed by atoms with Crippen LogP contribution < -0.4 is 22.1 Å². The highest BCUT2D eigenvalue weighted by molar-refractivity contribution is 5.92. The van der Waals surface area contributed by atoms with Crippen LogP contribution >= 0.6 is 0 Å². The molecule has 6 aliphatic carbocycles. The van der Waals surface area contributed by atoms with Crippen molar-refractivity contribution < 1.29 is 87.2 Å². The maximum Gasteiger partial charge on any atom is 0.411 e. The highest BCUT2D eigenvalue weighted by atomic mass is 16.6. The van der Waals surface area contributed by atoms with Crippen LogP contribution in [-0.4, -0.2) is 180 Å². The monoisotopic (exact) mass is 1490 g/mol. The van der Waals surface area contributed by atoms with Crippen LogP contribution in [0.15, 0.2) is 144 Å². The van der Waals surface area contributed by atoms with E-state index in [1.165, 1.54) is 11.9 Å². The van der Waals surface area contributed by atoms with Crippen LogP contribution in [0, 0.1) is 68.0 Å². The maximum absolute atomic E-state index is 15.2. The molecule has 4 aromatic carbocycles. The zero-order chi connectivity index (χ0) is 79.9. The number of benzene rings is 4. The number of ether oxygens (including phenoxy) is 6. The third-order valence-electron chi connectivity index (χ3n) is 26.9. The van der Waals surface area contributed by atoms with Gasteiger partial charge in [-0.1, -0.05) is 166 Å². The number of anilines is 2. The number of hydrogen-bond donors (Lipinski definition) is 8. The van der Waals surface area contributed by atoms with Gasteiger partial charge in [-0.05, 0) is 109 Å². The Kier molecular flexibility index (Phi) is 24.9. The quantitative estimate of drug-likeness (QED) is 0.0224. The number of rotatable bonds is 16. The summed E-state index contributed by atoms with van der Waals surface area (Å²) in [7, 11) is 3.02. The molecule has 24 nitrogen and oxygen atoms in total. The van der Waals surface area contributed by atoms with Crippen LogP contribution in [0.2, 0.25) is 0 Å². The van der Waals surface area contributed by atoms with Gasteiger partial charge in [0.2, 0.25) is 6.10 Å². The number of nitrogens with zero attached hydrogens (tertiary/aromatic N) is 2. The fourth-order valence-corrected chi connectivity index (χ4v) is 21.1. The van der Waals surface area contributed by atoms with Gasteiger partial charge >= 0.3 is 24.1 Å². The largest absolute Gasteiger partial charge is 0.456 e. The van der Waals surface area contributed by atoms with Crippen LogP contribution in [0.25, 0.3) is 0 Å². The Morgan fingerprint density at radius 3 is 1.34 bits per heavy atom. The van der Waals surface area contributed by atoms with Gasteiger partial charge in [-0.2, -0.15) is 0 Å². The average molecular weight is 1500 g/mol. The Labute approximate surface area is 635 Å². The van der Waals surface area contributed by atoms with Crippen molar-refractivity contribution in [1.82, 2.24) is 9.80 Å². The molecule has 6 fully saturated rings. The van der Waals surface area contributed by atoms with Crippen molar-refractivity contribution in [2.45, 2.75) is 195 Å². The van der Waals surface area contributed by atoms with Gasteiger partial charge in [-0.25, -0.2) is 19.2 Å². The molecule has 0 aromatic heterocycles. The molecule has 10 N–H and O–H groups in total. The summed E-state index contributed by atoms with van der Waals surface area (Å²) in [6.07, 6.45) is -7.87. The molecule has 2 amide bonds. The van der Waals surface area contributed by atoms with Gasteiger partial charge < -0.3 is 80.5 Å². The lowest BCUT2D eigenvalue weighted by molar-refractivity contribution is -0.301. The summed E-state index contributed by atoms with van der Waals surface area (Å²) in [5.74, 6) is -5.20. The van der Waals surface area contributed by atoms with E-state index >= 15 is 4.79 Å².